The highest BCUT2D eigenvalue weighted by Gasteiger charge is 2.19. The summed E-state index contributed by atoms with van der Waals surface area (Å²) in [6.07, 6.45) is 5.96. The van der Waals surface area contributed by atoms with Crippen molar-refractivity contribution in [2.75, 3.05) is 57.4 Å². The van der Waals surface area contributed by atoms with E-state index in [1.165, 1.54) is 10.9 Å². The molecule has 1 aromatic carbocycles. The van der Waals surface area contributed by atoms with Gasteiger partial charge in [0.25, 0.3) is 5.56 Å². The van der Waals surface area contributed by atoms with Crippen LogP contribution in [0.2, 0.25) is 5.02 Å². The largest absolute Gasteiger partial charge is 0.396 e. The molecule has 1 saturated heterocycles. The van der Waals surface area contributed by atoms with Gasteiger partial charge >= 0.3 is 0 Å². The van der Waals surface area contributed by atoms with Gasteiger partial charge in [-0.25, -0.2) is 4.68 Å². The Kier molecular flexibility index (Phi) is 8.89. The van der Waals surface area contributed by atoms with E-state index in [9.17, 15) is 9.90 Å². The second-order valence-electron chi connectivity index (χ2n) is 7.16. The molecule has 2 aromatic rings. The number of anilines is 1. The fourth-order valence-electron chi connectivity index (χ4n) is 3.41. The van der Waals surface area contributed by atoms with Crippen molar-refractivity contribution in [2.24, 2.45) is 0 Å². The highest BCUT2D eigenvalue weighted by atomic mass is 35.5. The molecule has 2 heterocycles. The number of hydrogen-bond donors (Lipinski definition) is 1. The van der Waals surface area contributed by atoms with Crippen LogP contribution in [0.4, 0.5) is 5.69 Å². The number of allylic oxidation sites excluding steroid dienone is 1. The SMILES string of the molecule is O=c1c(N(CCCO)CCN2CCOCC2)c(Cl)cnn1C/C=C/c1ccccc1. The van der Waals surface area contributed by atoms with Crippen LogP contribution in [-0.2, 0) is 11.3 Å². The van der Waals surface area contributed by atoms with E-state index >= 15 is 0 Å². The number of morpholine rings is 1. The Morgan fingerprint density at radius 3 is 2.70 bits per heavy atom. The van der Waals surface area contributed by atoms with Gasteiger partial charge in [-0.15, -0.1) is 0 Å². The van der Waals surface area contributed by atoms with Gasteiger partial charge in [0, 0.05) is 39.3 Å². The maximum Gasteiger partial charge on any atom is 0.292 e. The average Bonchev–Trinajstić information content (AvgIpc) is 2.78. The Balaban J connectivity index is 1.75. The lowest BCUT2D eigenvalue weighted by molar-refractivity contribution is 0.0391. The van der Waals surface area contributed by atoms with Crippen LogP contribution < -0.4 is 10.5 Å². The molecule has 3 rings (SSSR count). The molecule has 162 valence electrons. The normalized spacial score (nSPS) is 15.0. The van der Waals surface area contributed by atoms with Crippen LogP contribution >= 0.6 is 11.6 Å². The molecule has 1 aliphatic rings. The van der Waals surface area contributed by atoms with Crippen molar-refractivity contribution in [1.82, 2.24) is 14.7 Å². The van der Waals surface area contributed by atoms with Gasteiger partial charge in [-0.2, -0.15) is 5.10 Å². The summed E-state index contributed by atoms with van der Waals surface area (Å²) in [4.78, 5) is 17.4. The molecule has 0 bridgehead atoms. The topological polar surface area (TPSA) is 70.8 Å². The smallest absolute Gasteiger partial charge is 0.292 e. The van der Waals surface area contributed by atoms with E-state index in [0.29, 0.717) is 36.8 Å². The third kappa shape index (κ3) is 6.40. The number of aliphatic hydroxyl groups is 1. The summed E-state index contributed by atoms with van der Waals surface area (Å²) in [7, 11) is 0. The van der Waals surface area contributed by atoms with Crippen molar-refractivity contribution in [3.8, 4) is 0 Å². The van der Waals surface area contributed by atoms with Crippen molar-refractivity contribution < 1.29 is 9.84 Å². The maximum atomic E-state index is 13.1. The standard InChI is InChI=1S/C22H29ClN4O3/c23-20-18-24-27(10-4-8-19-6-2-1-3-7-19)22(29)21(20)26(9-5-15-28)12-11-25-13-16-30-17-14-25/h1-4,6-8,18,28H,5,9-17H2/b8-4+. The summed E-state index contributed by atoms with van der Waals surface area (Å²) in [5, 5.41) is 13.8. The minimum atomic E-state index is -0.222. The van der Waals surface area contributed by atoms with Crippen LogP contribution in [0, 0.1) is 0 Å². The van der Waals surface area contributed by atoms with Crippen LogP contribution in [0.25, 0.3) is 6.08 Å². The first-order valence-electron chi connectivity index (χ1n) is 10.3. The fourth-order valence-corrected chi connectivity index (χ4v) is 3.66. The van der Waals surface area contributed by atoms with Crippen LogP contribution in [0.15, 0.2) is 47.4 Å². The molecule has 1 N–H and O–H groups in total. The van der Waals surface area contributed by atoms with Crippen molar-refractivity contribution in [2.45, 2.75) is 13.0 Å². The van der Waals surface area contributed by atoms with Gasteiger partial charge in [-0.05, 0) is 12.0 Å². The first kappa shape index (κ1) is 22.5. The molecule has 1 fully saturated rings. The number of halogens is 1. The molecule has 1 aliphatic heterocycles. The van der Waals surface area contributed by atoms with Gasteiger partial charge in [0.2, 0.25) is 0 Å². The van der Waals surface area contributed by atoms with Crippen LogP contribution in [0.1, 0.15) is 12.0 Å². The minimum Gasteiger partial charge on any atom is -0.396 e. The number of benzene rings is 1. The van der Waals surface area contributed by atoms with E-state index in [1.54, 1.807) is 0 Å². The molecule has 1 aromatic heterocycles. The third-order valence-electron chi connectivity index (χ3n) is 5.05. The first-order valence-corrected chi connectivity index (χ1v) is 10.7. The molecule has 7 nitrogen and oxygen atoms in total. The van der Waals surface area contributed by atoms with Crippen LogP contribution in [-0.4, -0.2) is 72.3 Å². The van der Waals surface area contributed by atoms with E-state index in [0.717, 1.165) is 38.4 Å². The van der Waals surface area contributed by atoms with Crippen molar-refractivity contribution in [3.05, 3.63) is 63.5 Å². The zero-order valence-corrected chi connectivity index (χ0v) is 17.9. The molecule has 8 heteroatoms. The van der Waals surface area contributed by atoms with Crippen molar-refractivity contribution in [1.29, 1.82) is 0 Å². The molecule has 0 saturated carbocycles. The fraction of sp³-hybridized carbons (Fsp3) is 0.455. The molecule has 0 atom stereocenters. The molecule has 0 spiro atoms. The highest BCUT2D eigenvalue weighted by molar-refractivity contribution is 6.33. The monoisotopic (exact) mass is 432 g/mol. The van der Waals surface area contributed by atoms with Gasteiger partial charge in [0.1, 0.15) is 5.69 Å². The maximum absolute atomic E-state index is 13.1. The molecule has 0 radical (unpaired) electrons. The Morgan fingerprint density at radius 2 is 1.97 bits per heavy atom. The molecule has 0 unspecified atom stereocenters. The molecule has 0 amide bonds. The quantitative estimate of drug-likeness (QED) is 0.620. The molecular formula is C22H29ClN4O3. The van der Waals surface area contributed by atoms with Crippen LogP contribution in [0.3, 0.4) is 0 Å². The summed E-state index contributed by atoms with van der Waals surface area (Å²) >= 11 is 6.39. The molecule has 0 aliphatic carbocycles. The number of rotatable bonds is 10. The van der Waals surface area contributed by atoms with Gasteiger partial charge in [-0.1, -0.05) is 54.1 Å². The lowest BCUT2D eigenvalue weighted by Gasteiger charge is -2.31. The van der Waals surface area contributed by atoms with Gasteiger partial charge in [0.15, 0.2) is 0 Å². The van der Waals surface area contributed by atoms with Crippen LogP contribution in [0.5, 0.6) is 0 Å². The number of aromatic nitrogens is 2. The lowest BCUT2D eigenvalue weighted by Crippen LogP contribution is -2.43. The summed E-state index contributed by atoms with van der Waals surface area (Å²) in [6.45, 7) is 5.65. The highest BCUT2D eigenvalue weighted by Crippen LogP contribution is 2.20. The Labute approximate surface area is 182 Å². The second kappa shape index (κ2) is 11.9. The van der Waals surface area contributed by atoms with Crippen molar-refractivity contribution in [3.63, 3.8) is 0 Å². The van der Waals surface area contributed by atoms with E-state index < -0.39 is 0 Å². The predicted molar refractivity (Wildman–Crippen MR) is 120 cm³/mol. The van der Waals surface area contributed by atoms with E-state index in [2.05, 4.69) is 10.00 Å². The summed E-state index contributed by atoms with van der Waals surface area (Å²) < 4.78 is 6.82. The average molecular weight is 433 g/mol. The summed E-state index contributed by atoms with van der Waals surface area (Å²) in [5.74, 6) is 0. The van der Waals surface area contributed by atoms with E-state index in [-0.39, 0.29) is 12.2 Å². The summed E-state index contributed by atoms with van der Waals surface area (Å²) in [6, 6.07) is 9.91. The first-order chi connectivity index (χ1) is 14.7. The number of ether oxygens (including phenoxy) is 1. The lowest BCUT2D eigenvalue weighted by atomic mass is 10.2. The predicted octanol–water partition coefficient (Wildman–Crippen LogP) is 2.13. The molecule has 30 heavy (non-hydrogen) atoms. The number of hydrogen-bond acceptors (Lipinski definition) is 6. The van der Waals surface area contributed by atoms with E-state index in [1.807, 2.05) is 47.4 Å². The van der Waals surface area contributed by atoms with Crippen molar-refractivity contribution >= 4 is 23.4 Å². The molecular weight excluding hydrogens is 404 g/mol. The Hall–Kier alpha value is -2.19. The summed E-state index contributed by atoms with van der Waals surface area (Å²) in [5.41, 5.74) is 1.29. The van der Waals surface area contributed by atoms with E-state index in [4.69, 9.17) is 16.3 Å². The van der Waals surface area contributed by atoms with Gasteiger partial charge < -0.3 is 14.7 Å². The third-order valence-corrected chi connectivity index (χ3v) is 5.33. The van der Waals surface area contributed by atoms with Gasteiger partial charge in [-0.3, -0.25) is 9.69 Å². The number of nitrogens with zero attached hydrogens (tertiary/aromatic N) is 4. The van der Waals surface area contributed by atoms with Gasteiger partial charge in [0.05, 0.1) is 31.0 Å². The minimum absolute atomic E-state index is 0.0603. The zero-order valence-electron chi connectivity index (χ0n) is 17.1. The Morgan fingerprint density at radius 1 is 1.20 bits per heavy atom. The number of aliphatic hydroxyl groups excluding tert-OH is 1. The zero-order chi connectivity index (χ0) is 21.2. The Bertz CT molecular complexity index is 866. The second-order valence-corrected chi connectivity index (χ2v) is 7.57.